The van der Waals surface area contributed by atoms with Crippen LogP contribution in [0.2, 0.25) is 0 Å². The Balaban J connectivity index is 0.00000136. The second-order valence-electron chi connectivity index (χ2n) is 7.23. The first-order chi connectivity index (χ1) is 13.5. The highest BCUT2D eigenvalue weighted by atomic mass is 16.5. The number of pyridine rings is 1. The van der Waals surface area contributed by atoms with Crippen LogP contribution in [0.4, 0.5) is 0 Å². The van der Waals surface area contributed by atoms with Crippen molar-refractivity contribution in [2.45, 2.75) is 52.5 Å². The van der Waals surface area contributed by atoms with E-state index in [-0.39, 0.29) is 11.9 Å². The second-order valence-corrected chi connectivity index (χ2v) is 7.23. The molecule has 7 heteroatoms. The lowest BCUT2D eigenvalue weighted by Gasteiger charge is -2.40. The first-order valence-corrected chi connectivity index (χ1v) is 10.4. The van der Waals surface area contributed by atoms with E-state index in [1.54, 1.807) is 12.3 Å². The summed E-state index contributed by atoms with van der Waals surface area (Å²) in [6.45, 7) is 13.4. The van der Waals surface area contributed by atoms with Crippen LogP contribution in [0.15, 0.2) is 18.3 Å². The van der Waals surface area contributed by atoms with Crippen molar-refractivity contribution in [2.75, 3.05) is 39.4 Å². The van der Waals surface area contributed by atoms with Crippen LogP contribution in [-0.2, 0) is 9.47 Å². The van der Waals surface area contributed by atoms with Crippen molar-refractivity contribution in [3.05, 3.63) is 29.6 Å². The molecular weight excluding hydrogens is 354 g/mol. The summed E-state index contributed by atoms with van der Waals surface area (Å²) in [5.41, 5.74) is 1.59. The lowest BCUT2D eigenvalue weighted by molar-refractivity contribution is 0.00452. The zero-order valence-corrected chi connectivity index (χ0v) is 17.7. The number of nitrogens with one attached hydrogen (secondary N) is 2. The van der Waals surface area contributed by atoms with Gasteiger partial charge in [-0.3, -0.25) is 20.7 Å². The molecule has 0 aliphatic carbocycles. The Kier molecular flexibility index (Phi) is 8.86. The van der Waals surface area contributed by atoms with E-state index in [4.69, 9.17) is 20.3 Å². The summed E-state index contributed by atoms with van der Waals surface area (Å²) < 4.78 is 10.9. The molecule has 2 N–H and O–H groups in total. The van der Waals surface area contributed by atoms with Gasteiger partial charge in [-0.1, -0.05) is 33.8 Å². The minimum atomic E-state index is -0.0689. The quantitative estimate of drug-likeness (QED) is 0.612. The smallest absolute Gasteiger partial charge is 0.291 e. The molecule has 0 atom stereocenters. The Morgan fingerprint density at radius 1 is 1.11 bits per heavy atom. The second kappa shape index (κ2) is 11.1. The third kappa shape index (κ3) is 6.01. The lowest BCUT2D eigenvalue weighted by Crippen LogP contribution is -2.50. The first kappa shape index (κ1) is 22.3. The van der Waals surface area contributed by atoms with Crippen molar-refractivity contribution in [1.29, 1.82) is 10.8 Å². The maximum absolute atomic E-state index is 8.19. The van der Waals surface area contributed by atoms with Crippen molar-refractivity contribution in [1.82, 2.24) is 14.8 Å². The molecule has 0 unspecified atom stereocenters. The van der Waals surface area contributed by atoms with Crippen LogP contribution in [-0.4, -0.2) is 72.1 Å². The number of piperidine rings is 1. The van der Waals surface area contributed by atoms with E-state index >= 15 is 0 Å². The number of aromatic nitrogens is 1. The van der Waals surface area contributed by atoms with E-state index in [0.717, 1.165) is 57.8 Å². The molecule has 1 aromatic rings. The van der Waals surface area contributed by atoms with Crippen molar-refractivity contribution in [2.24, 2.45) is 0 Å². The Morgan fingerprint density at radius 2 is 1.75 bits per heavy atom. The highest BCUT2D eigenvalue weighted by Gasteiger charge is 2.27. The lowest BCUT2D eigenvalue weighted by atomic mass is 10.0. The summed E-state index contributed by atoms with van der Waals surface area (Å²) in [4.78, 5) is 8.69. The summed E-state index contributed by atoms with van der Waals surface area (Å²) in [7, 11) is 0. The summed E-state index contributed by atoms with van der Waals surface area (Å²) in [6, 6.07) is 4.36. The van der Waals surface area contributed by atoms with Gasteiger partial charge in [-0.05, 0) is 30.4 Å². The molecule has 0 radical (unpaired) electrons. The Hall–Kier alpha value is -1.99. The maximum atomic E-state index is 8.19. The average molecular weight is 390 g/mol. The normalized spacial score (nSPS) is 18.4. The molecule has 0 saturated carbocycles. The number of rotatable bonds is 3. The van der Waals surface area contributed by atoms with Crippen LogP contribution in [0.3, 0.4) is 0 Å². The highest BCUT2D eigenvalue weighted by molar-refractivity contribution is 5.97. The fraction of sp³-hybridized carbons (Fsp3) is 0.667. The topological polar surface area (TPSA) is 85.5 Å². The van der Waals surface area contributed by atoms with E-state index in [1.807, 2.05) is 24.8 Å². The molecule has 0 aromatic carbocycles. The molecule has 0 bridgehead atoms. The van der Waals surface area contributed by atoms with Gasteiger partial charge in [0.25, 0.3) is 6.02 Å². The van der Waals surface area contributed by atoms with Crippen LogP contribution in [0.5, 0.6) is 0 Å². The zero-order valence-electron chi connectivity index (χ0n) is 17.7. The van der Waals surface area contributed by atoms with Gasteiger partial charge in [0.15, 0.2) is 0 Å². The van der Waals surface area contributed by atoms with Gasteiger partial charge in [-0.25, -0.2) is 0 Å². The molecule has 2 aliphatic rings. The van der Waals surface area contributed by atoms with Gasteiger partial charge in [0.1, 0.15) is 5.69 Å². The number of hydrogen-bond donors (Lipinski definition) is 2. The summed E-state index contributed by atoms with van der Waals surface area (Å²) >= 11 is 0. The molecular formula is C21H35N5O2. The average Bonchev–Trinajstić information content (AvgIpc) is 2.76. The third-order valence-electron chi connectivity index (χ3n) is 5.20. The minimum Gasteiger partial charge on any atom is -0.405 e. The number of morpholine rings is 1. The summed E-state index contributed by atoms with van der Waals surface area (Å²) in [6.07, 6.45) is 3.80. The zero-order chi connectivity index (χ0) is 20.5. The molecule has 1 aromatic heterocycles. The van der Waals surface area contributed by atoms with Crippen LogP contribution in [0, 0.1) is 10.8 Å². The fourth-order valence-corrected chi connectivity index (χ4v) is 3.47. The van der Waals surface area contributed by atoms with E-state index in [0.29, 0.717) is 17.7 Å². The largest absolute Gasteiger partial charge is 0.405 e. The third-order valence-corrected chi connectivity index (χ3v) is 5.20. The van der Waals surface area contributed by atoms with E-state index < -0.39 is 0 Å². The number of nitrogens with zero attached hydrogens (tertiary/aromatic N) is 3. The number of hydrogen-bond acceptors (Lipinski definition) is 6. The van der Waals surface area contributed by atoms with Gasteiger partial charge in [0.05, 0.1) is 13.2 Å². The minimum absolute atomic E-state index is 0.0464. The molecule has 0 amide bonds. The predicted octanol–water partition coefficient (Wildman–Crippen LogP) is 3.30. The van der Waals surface area contributed by atoms with Crippen molar-refractivity contribution in [3.63, 3.8) is 0 Å². The molecule has 2 aliphatic heterocycles. The van der Waals surface area contributed by atoms with Crippen molar-refractivity contribution >= 4 is 11.9 Å². The summed E-state index contributed by atoms with van der Waals surface area (Å²) in [5, 5.41) is 16.3. The van der Waals surface area contributed by atoms with Crippen LogP contribution in [0.25, 0.3) is 0 Å². The fourth-order valence-electron chi connectivity index (χ4n) is 3.47. The molecule has 2 fully saturated rings. The Labute approximate surface area is 169 Å². The van der Waals surface area contributed by atoms with E-state index in [9.17, 15) is 0 Å². The summed E-state index contributed by atoms with van der Waals surface area (Å²) in [5.74, 6) is 0.332. The van der Waals surface area contributed by atoms with Gasteiger partial charge in [0, 0.05) is 38.4 Å². The first-order valence-electron chi connectivity index (χ1n) is 10.4. The van der Waals surface area contributed by atoms with Gasteiger partial charge < -0.3 is 14.4 Å². The highest BCUT2D eigenvalue weighted by Crippen LogP contribution is 2.18. The van der Waals surface area contributed by atoms with Gasteiger partial charge >= 0.3 is 0 Å². The molecule has 3 rings (SSSR count). The van der Waals surface area contributed by atoms with Crippen LogP contribution < -0.4 is 0 Å². The molecule has 28 heavy (non-hydrogen) atoms. The standard InChI is InChI=1S/C19H29N5O2.C2H6/c1-14(2)15-3-4-17(22-13-15)18(20)26-19(21)24-7-5-16(6-8-24)23-9-11-25-12-10-23;1-2/h3-4,13-14,16,20-21H,5-12H2,1-2H3;1-2H3. The predicted molar refractivity (Wildman–Crippen MR) is 112 cm³/mol. The number of ether oxygens (including phenoxy) is 2. The van der Waals surface area contributed by atoms with Gasteiger partial charge in [-0.2, -0.15) is 0 Å². The monoisotopic (exact) mass is 389 g/mol. The van der Waals surface area contributed by atoms with E-state index in [1.165, 1.54) is 0 Å². The van der Waals surface area contributed by atoms with E-state index in [2.05, 4.69) is 23.7 Å². The number of likely N-dealkylation sites (tertiary alicyclic amines) is 1. The molecule has 0 spiro atoms. The Bertz CT molecular complexity index is 618. The van der Waals surface area contributed by atoms with Crippen LogP contribution in [0.1, 0.15) is 57.7 Å². The Morgan fingerprint density at radius 3 is 2.29 bits per heavy atom. The molecule has 3 heterocycles. The molecule has 7 nitrogen and oxygen atoms in total. The van der Waals surface area contributed by atoms with Crippen molar-refractivity contribution in [3.8, 4) is 0 Å². The van der Waals surface area contributed by atoms with Crippen molar-refractivity contribution < 1.29 is 9.47 Å². The van der Waals surface area contributed by atoms with Gasteiger partial charge in [-0.15, -0.1) is 0 Å². The maximum Gasteiger partial charge on any atom is 0.291 e. The molecule has 2 saturated heterocycles. The SMILES string of the molecule is CC.CC(C)c1ccc(C(=N)OC(=N)N2CCC(N3CCOCC3)CC2)nc1. The van der Waals surface area contributed by atoms with Gasteiger partial charge in [0.2, 0.25) is 5.90 Å². The van der Waals surface area contributed by atoms with Crippen LogP contribution >= 0.6 is 0 Å². The number of amidine groups is 1. The molecule has 156 valence electrons.